The highest BCUT2D eigenvalue weighted by Crippen LogP contribution is 2.56. The molecule has 0 N–H and O–H groups in total. The Balaban J connectivity index is 1.56. The summed E-state index contributed by atoms with van der Waals surface area (Å²) in [6, 6.07) is 58.7. The molecule has 0 saturated carbocycles. The maximum absolute atomic E-state index is 7.86. The number of benzene rings is 7. The van der Waals surface area contributed by atoms with Crippen LogP contribution >= 0.6 is 11.6 Å². The lowest BCUT2D eigenvalue weighted by Crippen LogP contribution is -2.15. The van der Waals surface area contributed by atoms with Crippen molar-refractivity contribution in [1.29, 1.82) is 0 Å². The third-order valence-corrected chi connectivity index (χ3v) is 9.94. The van der Waals surface area contributed by atoms with Crippen LogP contribution in [-0.2, 0) is 5.41 Å². The Morgan fingerprint density at radius 3 is 1.22 bits per heavy atom. The Kier molecular flexibility index (Phi) is 6.97. The zero-order chi connectivity index (χ0) is 31.3. The fraction of sp³-hybridized carbons (Fsp3) is 0.0667. The predicted octanol–water partition coefficient (Wildman–Crippen LogP) is 13.0. The monoisotopic (exact) mass is 608 g/mol. The molecular weight excluding hydrogens is 576 g/mol. The fourth-order valence-electron chi connectivity index (χ4n) is 7.41. The van der Waals surface area contributed by atoms with E-state index in [0.29, 0.717) is 0 Å². The van der Waals surface area contributed by atoms with Gasteiger partial charge in [-0.3, -0.25) is 0 Å². The van der Waals surface area contributed by atoms with Crippen molar-refractivity contribution in [2.24, 2.45) is 0 Å². The molecular formula is C45H33Cl. The van der Waals surface area contributed by atoms with E-state index in [1.54, 1.807) is 0 Å². The summed E-state index contributed by atoms with van der Waals surface area (Å²) in [4.78, 5) is 0. The van der Waals surface area contributed by atoms with E-state index in [0.717, 1.165) is 55.1 Å². The Bertz CT molecular complexity index is 2200. The van der Waals surface area contributed by atoms with Crippen molar-refractivity contribution in [3.05, 3.63) is 180 Å². The third-order valence-electron chi connectivity index (χ3n) is 9.56. The highest BCUT2D eigenvalue weighted by Gasteiger charge is 2.36. The Hall–Kier alpha value is -5.17. The van der Waals surface area contributed by atoms with Crippen LogP contribution in [0.2, 0.25) is 5.02 Å². The van der Waals surface area contributed by atoms with Gasteiger partial charge < -0.3 is 0 Å². The minimum absolute atomic E-state index is 0.129. The molecule has 0 heterocycles. The van der Waals surface area contributed by atoms with Crippen LogP contribution < -0.4 is 0 Å². The fourth-order valence-corrected chi connectivity index (χ4v) is 7.81. The molecule has 7 aromatic carbocycles. The van der Waals surface area contributed by atoms with E-state index in [1.807, 2.05) is 0 Å². The first-order valence-corrected chi connectivity index (χ1v) is 16.3. The van der Waals surface area contributed by atoms with Crippen LogP contribution in [0.4, 0.5) is 0 Å². The van der Waals surface area contributed by atoms with E-state index in [9.17, 15) is 0 Å². The third kappa shape index (κ3) is 4.52. The van der Waals surface area contributed by atoms with Crippen LogP contribution in [0.1, 0.15) is 25.0 Å². The molecule has 0 nitrogen and oxygen atoms in total. The maximum Gasteiger partial charge on any atom is 0.0575 e. The van der Waals surface area contributed by atoms with Crippen molar-refractivity contribution in [2.45, 2.75) is 19.3 Å². The lowest BCUT2D eigenvalue weighted by atomic mass is 9.77. The van der Waals surface area contributed by atoms with E-state index in [1.165, 1.54) is 27.8 Å². The quantitative estimate of drug-likeness (QED) is 0.182. The van der Waals surface area contributed by atoms with Crippen molar-refractivity contribution in [1.82, 2.24) is 0 Å². The molecule has 0 fully saturated rings. The van der Waals surface area contributed by atoms with Gasteiger partial charge in [0.25, 0.3) is 0 Å². The molecule has 220 valence electrons. The summed E-state index contributed by atoms with van der Waals surface area (Å²) in [6.07, 6.45) is 0. The van der Waals surface area contributed by atoms with Gasteiger partial charge >= 0.3 is 0 Å². The van der Waals surface area contributed by atoms with Crippen LogP contribution in [0.15, 0.2) is 164 Å². The largest absolute Gasteiger partial charge is 0.0829 e. The first-order valence-electron chi connectivity index (χ1n) is 15.9. The molecule has 7 aromatic rings. The van der Waals surface area contributed by atoms with Crippen LogP contribution in [0, 0.1) is 0 Å². The standard InChI is InChI=1S/C45H33Cl/c1-45(2)37-26-16-15-25-35(37)36-28-27-34(29-38(36)45)43-41(32-21-11-5-12-22-32)39(30-17-7-3-8-18-30)40(31-19-9-4-10-20-31)42(44(43)46)33-23-13-6-14-24-33/h3-29H,1-2H3. The first kappa shape index (κ1) is 28.3. The molecule has 46 heavy (non-hydrogen) atoms. The minimum atomic E-state index is -0.129. The smallest absolute Gasteiger partial charge is 0.0575 e. The summed E-state index contributed by atoms with van der Waals surface area (Å²) in [5.74, 6) is 0. The summed E-state index contributed by atoms with van der Waals surface area (Å²) < 4.78 is 0. The summed E-state index contributed by atoms with van der Waals surface area (Å²) in [5.41, 5.74) is 16.4. The summed E-state index contributed by atoms with van der Waals surface area (Å²) in [6.45, 7) is 4.68. The second-order valence-electron chi connectivity index (χ2n) is 12.6. The van der Waals surface area contributed by atoms with Gasteiger partial charge in [0.1, 0.15) is 0 Å². The molecule has 1 aliphatic rings. The molecule has 0 spiro atoms. The van der Waals surface area contributed by atoms with Crippen LogP contribution in [-0.4, -0.2) is 0 Å². The van der Waals surface area contributed by atoms with Crippen molar-refractivity contribution < 1.29 is 0 Å². The van der Waals surface area contributed by atoms with Crippen LogP contribution in [0.5, 0.6) is 0 Å². The molecule has 0 radical (unpaired) electrons. The number of hydrogen-bond donors (Lipinski definition) is 0. The lowest BCUT2D eigenvalue weighted by Gasteiger charge is -2.27. The van der Waals surface area contributed by atoms with E-state index < -0.39 is 0 Å². The highest BCUT2D eigenvalue weighted by molar-refractivity contribution is 6.39. The maximum atomic E-state index is 7.86. The lowest BCUT2D eigenvalue weighted by molar-refractivity contribution is 0.660. The zero-order valence-electron chi connectivity index (χ0n) is 26.0. The van der Waals surface area contributed by atoms with Crippen LogP contribution in [0.3, 0.4) is 0 Å². The predicted molar refractivity (Wildman–Crippen MR) is 196 cm³/mol. The van der Waals surface area contributed by atoms with Crippen molar-refractivity contribution in [2.75, 3.05) is 0 Å². The number of hydrogen-bond acceptors (Lipinski definition) is 0. The normalized spacial score (nSPS) is 12.8. The second-order valence-corrected chi connectivity index (χ2v) is 13.0. The Labute approximate surface area is 276 Å². The molecule has 0 saturated heterocycles. The molecule has 0 amide bonds. The van der Waals surface area contributed by atoms with Gasteiger partial charge in [-0.2, -0.15) is 0 Å². The zero-order valence-corrected chi connectivity index (χ0v) is 26.7. The van der Waals surface area contributed by atoms with Crippen LogP contribution in [0.25, 0.3) is 66.8 Å². The van der Waals surface area contributed by atoms with Gasteiger partial charge in [0.05, 0.1) is 5.02 Å². The van der Waals surface area contributed by atoms with Crippen molar-refractivity contribution in [3.63, 3.8) is 0 Å². The summed E-state index contributed by atoms with van der Waals surface area (Å²) in [5, 5.41) is 0.761. The number of fused-ring (bicyclic) bond motifs is 3. The molecule has 0 aromatic heterocycles. The average Bonchev–Trinajstić information content (AvgIpc) is 3.34. The van der Waals surface area contributed by atoms with Gasteiger partial charge in [0.2, 0.25) is 0 Å². The van der Waals surface area contributed by atoms with E-state index in [2.05, 4.69) is 178 Å². The highest BCUT2D eigenvalue weighted by atomic mass is 35.5. The van der Waals surface area contributed by atoms with Gasteiger partial charge in [-0.15, -0.1) is 0 Å². The van der Waals surface area contributed by atoms with Gasteiger partial charge in [-0.05, 0) is 72.8 Å². The van der Waals surface area contributed by atoms with E-state index >= 15 is 0 Å². The van der Waals surface area contributed by atoms with Crippen molar-refractivity contribution >= 4 is 11.6 Å². The molecule has 8 rings (SSSR count). The molecule has 0 atom stereocenters. The number of halogens is 1. The second kappa shape index (κ2) is 11.3. The topological polar surface area (TPSA) is 0 Å². The molecule has 0 bridgehead atoms. The Morgan fingerprint density at radius 1 is 0.348 bits per heavy atom. The number of rotatable bonds is 5. The molecule has 0 unspecified atom stereocenters. The molecule has 1 heteroatoms. The summed E-state index contributed by atoms with van der Waals surface area (Å²) in [7, 11) is 0. The first-order chi connectivity index (χ1) is 22.5. The molecule has 0 aliphatic heterocycles. The van der Waals surface area contributed by atoms with Gasteiger partial charge in [-0.1, -0.05) is 183 Å². The van der Waals surface area contributed by atoms with E-state index in [4.69, 9.17) is 11.6 Å². The van der Waals surface area contributed by atoms with E-state index in [-0.39, 0.29) is 5.41 Å². The van der Waals surface area contributed by atoms with Crippen molar-refractivity contribution in [3.8, 4) is 66.8 Å². The van der Waals surface area contributed by atoms with Gasteiger partial charge in [-0.25, -0.2) is 0 Å². The van der Waals surface area contributed by atoms with Gasteiger partial charge in [0.15, 0.2) is 0 Å². The minimum Gasteiger partial charge on any atom is -0.0829 e. The molecule has 1 aliphatic carbocycles. The summed E-state index contributed by atoms with van der Waals surface area (Å²) >= 11 is 7.86. The SMILES string of the molecule is CC1(C)c2ccccc2-c2ccc(-c3c(Cl)c(-c4ccccc4)c(-c4ccccc4)c(-c4ccccc4)c3-c3ccccc3)cc21. The van der Waals surface area contributed by atoms with Gasteiger partial charge in [0, 0.05) is 16.5 Å². The average molecular weight is 609 g/mol. The Morgan fingerprint density at radius 2 is 0.717 bits per heavy atom.